The number of ether oxygens (including phenoxy) is 1. The predicted molar refractivity (Wildman–Crippen MR) is 73.7 cm³/mol. The van der Waals surface area contributed by atoms with Crippen molar-refractivity contribution in [3.63, 3.8) is 0 Å². The van der Waals surface area contributed by atoms with Crippen LogP contribution >= 0.6 is 0 Å². The molecule has 2 aromatic heterocycles. The van der Waals surface area contributed by atoms with Gasteiger partial charge in [0.05, 0.1) is 6.10 Å². The van der Waals surface area contributed by atoms with Gasteiger partial charge in [-0.1, -0.05) is 19.8 Å². The van der Waals surface area contributed by atoms with Gasteiger partial charge < -0.3 is 9.15 Å². The van der Waals surface area contributed by atoms with Crippen molar-refractivity contribution in [3.05, 3.63) is 30.4 Å². The second kappa shape index (κ2) is 6.13. The first-order valence-electron chi connectivity index (χ1n) is 7.15. The summed E-state index contributed by atoms with van der Waals surface area (Å²) in [4.78, 5) is 3.97. The van der Waals surface area contributed by atoms with Crippen LogP contribution in [0, 0.1) is 5.92 Å². The first kappa shape index (κ1) is 13.2. The summed E-state index contributed by atoms with van der Waals surface area (Å²) in [7, 11) is 0. The van der Waals surface area contributed by atoms with Crippen molar-refractivity contribution >= 4 is 0 Å². The molecule has 0 saturated heterocycles. The molecule has 0 amide bonds. The van der Waals surface area contributed by atoms with Crippen LogP contribution in [0.3, 0.4) is 0 Å². The highest BCUT2D eigenvalue weighted by molar-refractivity contribution is 5.50. The third kappa shape index (κ3) is 3.22. The van der Waals surface area contributed by atoms with E-state index in [0.29, 0.717) is 24.5 Å². The quantitative estimate of drug-likeness (QED) is 0.855. The Morgan fingerprint density at radius 2 is 2.10 bits per heavy atom. The molecule has 3 rings (SSSR count). The van der Waals surface area contributed by atoms with E-state index in [1.54, 1.807) is 12.4 Å². The Morgan fingerprint density at radius 1 is 1.25 bits per heavy atom. The van der Waals surface area contributed by atoms with Gasteiger partial charge in [-0.2, -0.15) is 0 Å². The summed E-state index contributed by atoms with van der Waals surface area (Å²) in [5.41, 5.74) is 0.880. The molecular weight excluding hydrogens is 254 g/mol. The number of hydrogen-bond donors (Lipinski definition) is 0. The van der Waals surface area contributed by atoms with E-state index in [1.807, 2.05) is 12.1 Å². The normalized spacial score (nSPS) is 22.9. The van der Waals surface area contributed by atoms with E-state index >= 15 is 0 Å². The molecule has 0 radical (unpaired) electrons. The van der Waals surface area contributed by atoms with Crippen molar-refractivity contribution < 1.29 is 9.15 Å². The van der Waals surface area contributed by atoms with Gasteiger partial charge in [0.25, 0.3) is 0 Å². The molecule has 1 aliphatic rings. The van der Waals surface area contributed by atoms with E-state index in [0.717, 1.165) is 24.3 Å². The molecule has 106 valence electrons. The Morgan fingerprint density at radius 3 is 2.90 bits per heavy atom. The highest BCUT2D eigenvalue weighted by Gasteiger charge is 2.20. The first-order chi connectivity index (χ1) is 9.81. The lowest BCUT2D eigenvalue weighted by molar-refractivity contribution is -0.00444. The third-order valence-corrected chi connectivity index (χ3v) is 3.72. The molecule has 2 aromatic rings. The van der Waals surface area contributed by atoms with Gasteiger partial charge in [-0.05, 0) is 30.9 Å². The van der Waals surface area contributed by atoms with E-state index in [1.165, 1.54) is 12.8 Å². The molecule has 0 aliphatic heterocycles. The van der Waals surface area contributed by atoms with Crippen LogP contribution in [0.5, 0.6) is 0 Å². The van der Waals surface area contributed by atoms with Crippen LogP contribution in [0.1, 0.15) is 38.5 Å². The Balaban J connectivity index is 1.58. The summed E-state index contributed by atoms with van der Waals surface area (Å²) in [6.45, 7) is 2.68. The molecule has 0 bridgehead atoms. The Kier molecular flexibility index (Phi) is 4.06. The molecule has 2 atom stereocenters. The summed E-state index contributed by atoms with van der Waals surface area (Å²) >= 11 is 0. The average molecular weight is 273 g/mol. The summed E-state index contributed by atoms with van der Waals surface area (Å²) in [6, 6.07) is 3.70. The minimum Gasteiger partial charge on any atom is -0.418 e. The highest BCUT2D eigenvalue weighted by atomic mass is 16.5. The first-order valence-corrected chi connectivity index (χ1v) is 7.15. The zero-order valence-corrected chi connectivity index (χ0v) is 11.7. The van der Waals surface area contributed by atoms with Crippen molar-refractivity contribution in [1.82, 2.24) is 15.2 Å². The fraction of sp³-hybridized carbons (Fsp3) is 0.533. The monoisotopic (exact) mass is 273 g/mol. The molecule has 5 nitrogen and oxygen atoms in total. The van der Waals surface area contributed by atoms with Crippen molar-refractivity contribution in [2.75, 3.05) is 0 Å². The summed E-state index contributed by atoms with van der Waals surface area (Å²) in [6.07, 6.45) is 8.57. The Hall–Kier alpha value is -1.75. The molecule has 0 aromatic carbocycles. The Bertz CT molecular complexity index is 541. The largest absolute Gasteiger partial charge is 0.418 e. The molecular formula is C15H19N3O2. The van der Waals surface area contributed by atoms with Crippen molar-refractivity contribution in [3.8, 4) is 11.5 Å². The maximum atomic E-state index is 5.88. The molecule has 0 unspecified atom stereocenters. The van der Waals surface area contributed by atoms with E-state index in [2.05, 4.69) is 22.1 Å². The van der Waals surface area contributed by atoms with Gasteiger partial charge in [0, 0.05) is 18.0 Å². The average Bonchev–Trinajstić information content (AvgIpc) is 2.95. The molecule has 0 spiro atoms. The minimum atomic E-state index is 0.329. The second-order valence-electron chi connectivity index (χ2n) is 5.44. The zero-order valence-electron chi connectivity index (χ0n) is 11.7. The maximum absolute atomic E-state index is 5.88. The summed E-state index contributed by atoms with van der Waals surface area (Å²) in [5, 5.41) is 8.07. The van der Waals surface area contributed by atoms with Crippen molar-refractivity contribution in [1.29, 1.82) is 0 Å². The lowest BCUT2D eigenvalue weighted by Gasteiger charge is -2.26. The predicted octanol–water partition coefficient (Wildman–Crippen LogP) is 3.23. The fourth-order valence-corrected chi connectivity index (χ4v) is 2.64. The highest BCUT2D eigenvalue weighted by Crippen LogP contribution is 2.26. The number of aromatic nitrogens is 3. The topological polar surface area (TPSA) is 61.0 Å². The maximum Gasteiger partial charge on any atom is 0.247 e. The van der Waals surface area contributed by atoms with E-state index < -0.39 is 0 Å². The van der Waals surface area contributed by atoms with Gasteiger partial charge in [0.2, 0.25) is 11.8 Å². The van der Waals surface area contributed by atoms with E-state index in [-0.39, 0.29) is 0 Å². The van der Waals surface area contributed by atoms with Gasteiger partial charge in [-0.25, -0.2) is 0 Å². The number of hydrogen-bond acceptors (Lipinski definition) is 5. The smallest absolute Gasteiger partial charge is 0.247 e. The third-order valence-electron chi connectivity index (χ3n) is 3.72. The molecule has 2 heterocycles. The van der Waals surface area contributed by atoms with Gasteiger partial charge in [0.15, 0.2) is 0 Å². The van der Waals surface area contributed by atoms with Gasteiger partial charge >= 0.3 is 0 Å². The lowest BCUT2D eigenvalue weighted by Crippen LogP contribution is -2.21. The molecule has 0 N–H and O–H groups in total. The van der Waals surface area contributed by atoms with E-state index in [9.17, 15) is 0 Å². The lowest BCUT2D eigenvalue weighted by atomic mass is 9.89. The van der Waals surface area contributed by atoms with E-state index in [4.69, 9.17) is 9.15 Å². The van der Waals surface area contributed by atoms with Crippen LogP contribution in [0.4, 0.5) is 0 Å². The Labute approximate surface area is 118 Å². The molecule has 20 heavy (non-hydrogen) atoms. The van der Waals surface area contributed by atoms with Gasteiger partial charge in [-0.3, -0.25) is 4.98 Å². The van der Waals surface area contributed by atoms with Gasteiger partial charge in [0.1, 0.15) is 6.61 Å². The van der Waals surface area contributed by atoms with Gasteiger partial charge in [-0.15, -0.1) is 10.2 Å². The number of rotatable bonds is 4. The number of pyridine rings is 1. The molecule has 1 fully saturated rings. The minimum absolute atomic E-state index is 0.329. The van der Waals surface area contributed by atoms with Crippen LogP contribution in [-0.2, 0) is 11.3 Å². The molecule has 5 heteroatoms. The van der Waals surface area contributed by atoms with Crippen LogP contribution in [-0.4, -0.2) is 21.3 Å². The van der Waals surface area contributed by atoms with Crippen LogP contribution in [0.2, 0.25) is 0 Å². The summed E-state index contributed by atoms with van der Waals surface area (Å²) < 4.78 is 11.5. The van der Waals surface area contributed by atoms with Crippen LogP contribution in [0.25, 0.3) is 11.5 Å². The van der Waals surface area contributed by atoms with Crippen LogP contribution < -0.4 is 0 Å². The standard InChI is InChI=1S/C15H19N3O2/c1-11-3-2-4-13(9-11)19-10-14-17-18-15(20-14)12-5-7-16-8-6-12/h5-8,11,13H,2-4,9-10H2,1H3/t11-,13-/m0/s1. The second-order valence-corrected chi connectivity index (χ2v) is 5.44. The zero-order chi connectivity index (χ0) is 13.8. The number of nitrogens with zero attached hydrogens (tertiary/aromatic N) is 3. The molecule has 1 saturated carbocycles. The fourth-order valence-electron chi connectivity index (χ4n) is 2.64. The molecule has 1 aliphatic carbocycles. The van der Waals surface area contributed by atoms with Crippen molar-refractivity contribution in [2.45, 2.75) is 45.3 Å². The van der Waals surface area contributed by atoms with Crippen molar-refractivity contribution in [2.24, 2.45) is 5.92 Å². The summed E-state index contributed by atoms with van der Waals surface area (Å²) in [5.74, 6) is 1.81. The van der Waals surface area contributed by atoms with Crippen LogP contribution in [0.15, 0.2) is 28.9 Å². The SMILES string of the molecule is C[C@H]1CCC[C@H](OCc2nnc(-c3ccncc3)o2)C1.